The second kappa shape index (κ2) is 9.60. The predicted octanol–water partition coefficient (Wildman–Crippen LogP) is 2.85. The summed E-state index contributed by atoms with van der Waals surface area (Å²) < 4.78 is 4.99. The molecule has 130 valence electrons. The van der Waals surface area contributed by atoms with Crippen molar-refractivity contribution in [1.82, 2.24) is 10.2 Å². The summed E-state index contributed by atoms with van der Waals surface area (Å²) in [7, 11) is 1.63. The smallest absolute Gasteiger partial charge is 0.0900 e. The molecule has 0 amide bonds. The van der Waals surface area contributed by atoms with Crippen molar-refractivity contribution < 1.29 is 9.84 Å². The third-order valence-electron chi connectivity index (χ3n) is 4.51. The third kappa shape index (κ3) is 6.05. The molecule has 0 bridgehead atoms. The van der Waals surface area contributed by atoms with E-state index >= 15 is 0 Å². The summed E-state index contributed by atoms with van der Waals surface area (Å²) in [5.41, 5.74) is 1.26. The largest absolute Gasteiger partial charge is 0.389 e. The number of hydrogen-bond donors (Lipinski definition) is 2. The van der Waals surface area contributed by atoms with Crippen molar-refractivity contribution in [3.05, 3.63) is 34.9 Å². The lowest BCUT2D eigenvalue weighted by molar-refractivity contribution is 0.0307. The van der Waals surface area contributed by atoms with Crippen molar-refractivity contribution in [2.45, 2.75) is 44.4 Å². The Hall–Kier alpha value is -0.650. The molecule has 1 saturated heterocycles. The van der Waals surface area contributed by atoms with E-state index in [0.717, 1.165) is 37.4 Å². The fourth-order valence-electron chi connectivity index (χ4n) is 3.28. The maximum absolute atomic E-state index is 9.83. The highest BCUT2D eigenvalue weighted by atomic mass is 35.5. The number of rotatable bonds is 8. The fraction of sp³-hybridized carbons (Fsp3) is 0.667. The number of likely N-dealkylation sites (tertiary alicyclic amines) is 1. The van der Waals surface area contributed by atoms with Crippen LogP contribution in [0, 0.1) is 0 Å². The van der Waals surface area contributed by atoms with E-state index in [1.165, 1.54) is 5.56 Å². The Morgan fingerprint density at radius 3 is 2.74 bits per heavy atom. The number of nitrogens with zero attached hydrogens (tertiary/aromatic N) is 1. The zero-order chi connectivity index (χ0) is 16.7. The fourth-order valence-corrected chi connectivity index (χ4v) is 3.48. The first-order valence-electron chi connectivity index (χ1n) is 8.53. The maximum Gasteiger partial charge on any atom is 0.0900 e. The number of aliphatic hydroxyl groups is 1. The number of nitrogens with one attached hydrogen (secondary N) is 1. The standard InChI is InChI=1S/C18H29ClN2O2/c1-3-18(14-5-4-6-15(19)11-14)20-16-7-9-21(10-8-16)12-17(22)13-23-2/h4-6,11,16-18,20,22H,3,7-10,12-13H2,1-2H3. The van der Waals surface area contributed by atoms with Gasteiger partial charge in [0.25, 0.3) is 0 Å². The molecule has 1 aromatic carbocycles. The monoisotopic (exact) mass is 340 g/mol. The molecule has 5 heteroatoms. The van der Waals surface area contributed by atoms with Gasteiger partial charge in [-0.05, 0) is 50.0 Å². The molecule has 2 unspecified atom stereocenters. The normalized spacial score (nSPS) is 19.7. The highest BCUT2D eigenvalue weighted by Crippen LogP contribution is 2.23. The Balaban J connectivity index is 1.80. The highest BCUT2D eigenvalue weighted by Gasteiger charge is 2.23. The molecule has 0 aromatic heterocycles. The first-order valence-corrected chi connectivity index (χ1v) is 8.91. The molecule has 0 aliphatic carbocycles. The molecular weight excluding hydrogens is 312 g/mol. The maximum atomic E-state index is 9.83. The molecule has 0 spiro atoms. The van der Waals surface area contributed by atoms with E-state index in [0.29, 0.717) is 25.2 Å². The van der Waals surface area contributed by atoms with Gasteiger partial charge in [-0.25, -0.2) is 0 Å². The van der Waals surface area contributed by atoms with Gasteiger partial charge in [-0.15, -0.1) is 0 Å². The van der Waals surface area contributed by atoms with Crippen LogP contribution in [0.3, 0.4) is 0 Å². The molecule has 23 heavy (non-hydrogen) atoms. The quantitative estimate of drug-likeness (QED) is 0.764. The van der Waals surface area contributed by atoms with Crippen molar-refractivity contribution >= 4 is 11.6 Å². The number of β-amino-alcohol motifs (C(OH)–C–C–N with tert-alkyl or cyclic N) is 1. The van der Waals surface area contributed by atoms with Crippen molar-refractivity contribution in [1.29, 1.82) is 0 Å². The average molecular weight is 341 g/mol. The van der Waals surface area contributed by atoms with Gasteiger partial charge in [0.15, 0.2) is 0 Å². The van der Waals surface area contributed by atoms with Gasteiger partial charge in [0.1, 0.15) is 0 Å². The first-order chi connectivity index (χ1) is 11.1. The van der Waals surface area contributed by atoms with E-state index in [4.69, 9.17) is 16.3 Å². The molecule has 0 saturated carbocycles. The van der Waals surface area contributed by atoms with Gasteiger partial charge in [-0.1, -0.05) is 30.7 Å². The van der Waals surface area contributed by atoms with Crippen molar-refractivity contribution in [2.75, 3.05) is 33.4 Å². The van der Waals surface area contributed by atoms with Crippen LogP contribution in [0.25, 0.3) is 0 Å². The van der Waals surface area contributed by atoms with E-state index in [1.54, 1.807) is 7.11 Å². The number of halogens is 1. The minimum absolute atomic E-state index is 0.351. The van der Waals surface area contributed by atoms with Crippen molar-refractivity contribution in [3.63, 3.8) is 0 Å². The van der Waals surface area contributed by atoms with Crippen LogP contribution in [-0.2, 0) is 4.74 Å². The molecule has 1 aliphatic rings. The van der Waals surface area contributed by atoms with E-state index in [-0.39, 0.29) is 6.10 Å². The van der Waals surface area contributed by atoms with Gasteiger partial charge in [0, 0.05) is 30.8 Å². The number of aliphatic hydroxyl groups excluding tert-OH is 1. The lowest BCUT2D eigenvalue weighted by Gasteiger charge is -2.35. The number of ether oxygens (including phenoxy) is 1. The summed E-state index contributed by atoms with van der Waals surface area (Å²) in [6.07, 6.45) is 2.88. The number of piperidine rings is 1. The minimum atomic E-state index is -0.389. The molecule has 1 aliphatic heterocycles. The molecule has 1 heterocycles. The minimum Gasteiger partial charge on any atom is -0.389 e. The van der Waals surface area contributed by atoms with Crippen LogP contribution in [0.1, 0.15) is 37.8 Å². The van der Waals surface area contributed by atoms with Crippen LogP contribution < -0.4 is 5.32 Å². The molecule has 2 N–H and O–H groups in total. The molecule has 1 aromatic rings. The van der Waals surface area contributed by atoms with Gasteiger partial charge in [-0.3, -0.25) is 0 Å². The summed E-state index contributed by atoms with van der Waals surface area (Å²) in [5, 5.41) is 14.4. The van der Waals surface area contributed by atoms with Crippen LogP contribution in [0.4, 0.5) is 0 Å². The second-order valence-corrected chi connectivity index (χ2v) is 6.80. The Morgan fingerprint density at radius 1 is 1.39 bits per heavy atom. The SMILES string of the molecule is CCC(NC1CCN(CC(O)COC)CC1)c1cccc(Cl)c1. The highest BCUT2D eigenvalue weighted by molar-refractivity contribution is 6.30. The van der Waals surface area contributed by atoms with Gasteiger partial charge >= 0.3 is 0 Å². The summed E-state index contributed by atoms with van der Waals surface area (Å²) in [4.78, 5) is 2.32. The number of benzene rings is 1. The van der Waals surface area contributed by atoms with Crippen molar-refractivity contribution in [2.24, 2.45) is 0 Å². The Labute approximate surface area is 144 Å². The molecule has 2 rings (SSSR count). The number of hydrogen-bond acceptors (Lipinski definition) is 4. The Bertz CT molecular complexity index is 464. The van der Waals surface area contributed by atoms with E-state index < -0.39 is 0 Å². The summed E-state index contributed by atoms with van der Waals surface area (Å²) >= 11 is 6.11. The van der Waals surface area contributed by atoms with Crippen LogP contribution in [-0.4, -0.2) is 55.5 Å². The Morgan fingerprint density at radius 2 is 2.13 bits per heavy atom. The molecule has 0 radical (unpaired) electrons. The average Bonchev–Trinajstić information content (AvgIpc) is 2.54. The van der Waals surface area contributed by atoms with E-state index in [2.05, 4.69) is 29.3 Å². The molecule has 4 nitrogen and oxygen atoms in total. The zero-order valence-corrected chi connectivity index (χ0v) is 14.9. The van der Waals surface area contributed by atoms with Gasteiger partial charge in [-0.2, -0.15) is 0 Å². The topological polar surface area (TPSA) is 44.7 Å². The first kappa shape index (κ1) is 18.7. The van der Waals surface area contributed by atoms with Gasteiger partial charge < -0.3 is 20.1 Å². The molecule has 2 atom stereocenters. The van der Waals surface area contributed by atoms with Crippen LogP contribution in [0.15, 0.2) is 24.3 Å². The number of methoxy groups -OCH3 is 1. The van der Waals surface area contributed by atoms with Gasteiger partial charge in [0.2, 0.25) is 0 Å². The predicted molar refractivity (Wildman–Crippen MR) is 95.0 cm³/mol. The van der Waals surface area contributed by atoms with Crippen LogP contribution in [0.5, 0.6) is 0 Å². The summed E-state index contributed by atoms with van der Waals surface area (Å²) in [6.45, 7) is 5.35. The Kier molecular flexibility index (Phi) is 7.80. The van der Waals surface area contributed by atoms with Gasteiger partial charge in [0.05, 0.1) is 12.7 Å². The van der Waals surface area contributed by atoms with Crippen molar-refractivity contribution in [3.8, 4) is 0 Å². The molecule has 1 fully saturated rings. The van der Waals surface area contributed by atoms with Crippen LogP contribution in [0.2, 0.25) is 5.02 Å². The van der Waals surface area contributed by atoms with Crippen LogP contribution >= 0.6 is 11.6 Å². The third-order valence-corrected chi connectivity index (χ3v) is 4.75. The second-order valence-electron chi connectivity index (χ2n) is 6.37. The van der Waals surface area contributed by atoms with E-state index in [1.807, 2.05) is 12.1 Å². The lowest BCUT2D eigenvalue weighted by atomic mass is 9.99. The summed E-state index contributed by atoms with van der Waals surface area (Å²) in [6, 6.07) is 9.00. The lowest BCUT2D eigenvalue weighted by Crippen LogP contribution is -2.46. The van der Waals surface area contributed by atoms with E-state index in [9.17, 15) is 5.11 Å². The zero-order valence-electron chi connectivity index (χ0n) is 14.2. The summed E-state index contributed by atoms with van der Waals surface area (Å²) in [5.74, 6) is 0. The molecular formula is C18H29ClN2O2.